The molecule has 1 N–H and O–H groups in total. The van der Waals surface area contributed by atoms with E-state index < -0.39 is 5.06 Å². The first-order valence-corrected chi connectivity index (χ1v) is 4.99. The van der Waals surface area contributed by atoms with Crippen molar-refractivity contribution in [1.82, 2.24) is 5.32 Å². The van der Waals surface area contributed by atoms with Crippen molar-refractivity contribution >= 4 is 11.6 Å². The molecule has 0 aromatic rings. The zero-order chi connectivity index (χ0) is 9.19. The minimum absolute atomic E-state index is 0.400. The predicted octanol–water partition coefficient (Wildman–Crippen LogP) is 1.87. The Labute approximate surface area is 79.3 Å². The fraction of sp³-hybridized carbons (Fsp3) is 1.00. The number of rotatable bonds is 2. The van der Waals surface area contributed by atoms with Crippen LogP contribution < -0.4 is 5.32 Å². The first kappa shape index (κ1) is 10.3. The Balaban J connectivity index is 2.27. The molecule has 1 aliphatic carbocycles. The molecule has 0 spiro atoms. The van der Waals surface area contributed by atoms with E-state index in [1.807, 2.05) is 0 Å². The highest BCUT2D eigenvalue weighted by Gasteiger charge is 2.31. The van der Waals surface area contributed by atoms with Crippen LogP contribution in [0.15, 0.2) is 0 Å². The van der Waals surface area contributed by atoms with E-state index >= 15 is 0 Å². The zero-order valence-corrected chi connectivity index (χ0v) is 8.51. The quantitative estimate of drug-likeness (QED) is 0.663. The SMILES string of the molecule is CC(C)[N][C@H]1CC[C@@](O)(Cl)CC1. The molecule has 1 rings (SSSR count). The molecule has 0 heterocycles. The summed E-state index contributed by atoms with van der Waals surface area (Å²) >= 11 is 5.79. The number of hydrogen-bond acceptors (Lipinski definition) is 1. The molecule has 2 nitrogen and oxygen atoms in total. The third-order valence-corrected chi connectivity index (χ3v) is 2.61. The minimum Gasteiger partial charge on any atom is -0.375 e. The first-order valence-electron chi connectivity index (χ1n) is 4.61. The van der Waals surface area contributed by atoms with Gasteiger partial charge in [-0.25, -0.2) is 5.32 Å². The standard InChI is InChI=1S/C9H17ClNO/c1-7(2)11-8-3-5-9(10,12)6-4-8/h7-8,12H,3-6H2,1-2H3/t8-,9-. The third-order valence-electron chi connectivity index (χ3n) is 2.23. The lowest BCUT2D eigenvalue weighted by Gasteiger charge is -2.31. The van der Waals surface area contributed by atoms with Gasteiger partial charge >= 0.3 is 0 Å². The summed E-state index contributed by atoms with van der Waals surface area (Å²) in [5.41, 5.74) is 0. The highest BCUT2D eigenvalue weighted by atomic mass is 35.5. The average Bonchev–Trinajstić information content (AvgIpc) is 1.93. The van der Waals surface area contributed by atoms with Gasteiger partial charge in [-0.2, -0.15) is 0 Å². The lowest BCUT2D eigenvalue weighted by atomic mass is 9.92. The number of alkyl halides is 1. The van der Waals surface area contributed by atoms with Crippen molar-refractivity contribution in [2.45, 2.75) is 56.7 Å². The number of nitrogens with zero attached hydrogens (tertiary/aromatic N) is 1. The van der Waals surface area contributed by atoms with E-state index in [2.05, 4.69) is 19.2 Å². The van der Waals surface area contributed by atoms with Gasteiger partial charge in [-0.05, 0) is 39.5 Å². The molecular weight excluding hydrogens is 174 g/mol. The van der Waals surface area contributed by atoms with E-state index in [4.69, 9.17) is 11.6 Å². The summed E-state index contributed by atoms with van der Waals surface area (Å²) in [6.45, 7) is 4.17. The molecule has 0 aromatic heterocycles. The van der Waals surface area contributed by atoms with Crippen molar-refractivity contribution in [3.05, 3.63) is 0 Å². The molecule has 1 aliphatic rings. The minimum atomic E-state index is -0.941. The van der Waals surface area contributed by atoms with Gasteiger partial charge in [0.1, 0.15) is 5.06 Å². The van der Waals surface area contributed by atoms with E-state index in [-0.39, 0.29) is 0 Å². The van der Waals surface area contributed by atoms with Crippen LogP contribution in [0.2, 0.25) is 0 Å². The summed E-state index contributed by atoms with van der Waals surface area (Å²) in [6, 6.07) is 0.820. The average molecular weight is 191 g/mol. The predicted molar refractivity (Wildman–Crippen MR) is 50.3 cm³/mol. The smallest absolute Gasteiger partial charge is 0.138 e. The molecule has 3 heteroatoms. The molecule has 71 valence electrons. The van der Waals surface area contributed by atoms with Crippen LogP contribution in [0.3, 0.4) is 0 Å². The fourth-order valence-corrected chi connectivity index (χ4v) is 1.83. The largest absolute Gasteiger partial charge is 0.375 e. The Morgan fingerprint density at radius 1 is 1.42 bits per heavy atom. The van der Waals surface area contributed by atoms with Crippen molar-refractivity contribution in [3.8, 4) is 0 Å². The van der Waals surface area contributed by atoms with Crippen LogP contribution in [-0.4, -0.2) is 22.3 Å². The van der Waals surface area contributed by atoms with Crippen molar-refractivity contribution in [1.29, 1.82) is 0 Å². The van der Waals surface area contributed by atoms with Gasteiger partial charge in [-0.15, -0.1) is 0 Å². The van der Waals surface area contributed by atoms with E-state index in [1.165, 1.54) is 0 Å². The summed E-state index contributed by atoms with van der Waals surface area (Å²) in [7, 11) is 0. The molecule has 1 fully saturated rings. The Morgan fingerprint density at radius 3 is 2.33 bits per heavy atom. The van der Waals surface area contributed by atoms with Gasteiger partial charge in [-0.1, -0.05) is 11.6 Å². The summed E-state index contributed by atoms with van der Waals surface area (Å²) in [4.78, 5) is 0. The van der Waals surface area contributed by atoms with Crippen LogP contribution in [-0.2, 0) is 0 Å². The van der Waals surface area contributed by atoms with E-state index in [0.717, 1.165) is 12.8 Å². The highest BCUT2D eigenvalue weighted by Crippen LogP contribution is 2.31. The summed E-state index contributed by atoms with van der Waals surface area (Å²) in [6.07, 6.45) is 3.21. The monoisotopic (exact) mass is 190 g/mol. The fourth-order valence-electron chi connectivity index (χ4n) is 1.62. The number of hydrogen-bond donors (Lipinski definition) is 1. The summed E-state index contributed by atoms with van der Waals surface area (Å²) in [5, 5.41) is 13.0. The molecule has 0 amide bonds. The van der Waals surface area contributed by atoms with Crippen LogP contribution >= 0.6 is 11.6 Å². The number of aliphatic hydroxyl groups is 1. The molecule has 0 aliphatic heterocycles. The second-order valence-corrected chi connectivity index (χ2v) is 4.60. The van der Waals surface area contributed by atoms with Crippen LogP contribution in [0.4, 0.5) is 0 Å². The number of halogens is 1. The third kappa shape index (κ3) is 3.30. The van der Waals surface area contributed by atoms with Gasteiger partial charge in [-0.3, -0.25) is 0 Å². The molecule has 0 unspecified atom stereocenters. The van der Waals surface area contributed by atoms with Gasteiger partial charge in [0.15, 0.2) is 0 Å². The maximum atomic E-state index is 9.45. The second-order valence-electron chi connectivity index (χ2n) is 3.89. The van der Waals surface area contributed by atoms with Gasteiger partial charge in [0.05, 0.1) is 0 Å². The first-order chi connectivity index (χ1) is 5.49. The van der Waals surface area contributed by atoms with Crippen molar-refractivity contribution in [3.63, 3.8) is 0 Å². The molecule has 0 aromatic carbocycles. The van der Waals surface area contributed by atoms with Crippen LogP contribution in [0.25, 0.3) is 0 Å². The van der Waals surface area contributed by atoms with E-state index in [0.29, 0.717) is 24.9 Å². The van der Waals surface area contributed by atoms with Gasteiger partial charge in [0, 0.05) is 12.1 Å². The Kier molecular flexibility index (Phi) is 3.38. The molecular formula is C9H17ClNO. The maximum absolute atomic E-state index is 9.45. The summed E-state index contributed by atoms with van der Waals surface area (Å²) < 4.78 is 0. The molecule has 1 saturated carbocycles. The van der Waals surface area contributed by atoms with Gasteiger partial charge < -0.3 is 5.11 Å². The van der Waals surface area contributed by atoms with Gasteiger partial charge in [0.2, 0.25) is 0 Å². The Bertz CT molecular complexity index is 137. The zero-order valence-electron chi connectivity index (χ0n) is 7.76. The molecule has 1 radical (unpaired) electrons. The van der Waals surface area contributed by atoms with Crippen molar-refractivity contribution in [2.75, 3.05) is 0 Å². The highest BCUT2D eigenvalue weighted by molar-refractivity contribution is 6.22. The van der Waals surface area contributed by atoms with Crippen molar-refractivity contribution < 1.29 is 5.11 Å². The molecule has 0 atom stereocenters. The van der Waals surface area contributed by atoms with E-state index in [1.54, 1.807) is 0 Å². The Morgan fingerprint density at radius 2 is 1.92 bits per heavy atom. The lowest BCUT2D eigenvalue weighted by molar-refractivity contribution is 0.0733. The lowest BCUT2D eigenvalue weighted by Crippen LogP contribution is -2.37. The molecule has 0 saturated heterocycles. The Hall–Kier alpha value is 0.210. The topological polar surface area (TPSA) is 34.3 Å². The van der Waals surface area contributed by atoms with Crippen LogP contribution in [0.5, 0.6) is 0 Å². The van der Waals surface area contributed by atoms with Crippen LogP contribution in [0.1, 0.15) is 39.5 Å². The second kappa shape index (κ2) is 3.95. The molecule has 0 bridgehead atoms. The van der Waals surface area contributed by atoms with E-state index in [9.17, 15) is 5.11 Å². The van der Waals surface area contributed by atoms with Crippen molar-refractivity contribution in [2.24, 2.45) is 0 Å². The maximum Gasteiger partial charge on any atom is 0.138 e. The summed E-state index contributed by atoms with van der Waals surface area (Å²) in [5.74, 6) is 0. The van der Waals surface area contributed by atoms with Gasteiger partial charge in [0.25, 0.3) is 0 Å². The van der Waals surface area contributed by atoms with Crippen LogP contribution in [0, 0.1) is 0 Å². The molecule has 12 heavy (non-hydrogen) atoms. The normalized spacial score (nSPS) is 37.2.